The summed E-state index contributed by atoms with van der Waals surface area (Å²) in [4.78, 5) is 0. The summed E-state index contributed by atoms with van der Waals surface area (Å²) in [6.07, 6.45) is 18.4. The smallest absolute Gasteiger partial charge is 0.00706 e. The van der Waals surface area contributed by atoms with E-state index in [4.69, 9.17) is 0 Å². The van der Waals surface area contributed by atoms with Gasteiger partial charge in [-0.15, -0.1) is 0 Å². The highest BCUT2D eigenvalue weighted by molar-refractivity contribution is 5.94. The minimum Gasteiger partial charge on any atom is -0.0984 e. The zero-order chi connectivity index (χ0) is 28.5. The lowest BCUT2D eigenvalue weighted by atomic mass is 9.85. The van der Waals surface area contributed by atoms with Gasteiger partial charge in [-0.3, -0.25) is 0 Å². The molecule has 0 spiro atoms. The molecule has 0 saturated heterocycles. The van der Waals surface area contributed by atoms with E-state index in [0.717, 1.165) is 18.4 Å². The van der Waals surface area contributed by atoms with Gasteiger partial charge in [0.2, 0.25) is 0 Å². The van der Waals surface area contributed by atoms with Crippen molar-refractivity contribution in [3.8, 4) is 11.1 Å². The first-order valence-electron chi connectivity index (χ1n) is 15.2. The Morgan fingerprint density at radius 3 is 1.97 bits per heavy atom. The van der Waals surface area contributed by atoms with E-state index in [1.54, 1.807) is 0 Å². The summed E-state index contributed by atoms with van der Waals surface area (Å²) in [5, 5.41) is 2.62. The predicted octanol–water partition coefficient (Wildman–Crippen LogP) is 12.7. The Morgan fingerprint density at radius 1 is 0.711 bits per heavy atom. The van der Waals surface area contributed by atoms with Crippen molar-refractivity contribution in [3.05, 3.63) is 89.0 Å². The highest BCUT2D eigenvalue weighted by atomic mass is 14.2. The van der Waals surface area contributed by atoms with E-state index >= 15 is 0 Å². The zero-order valence-electron chi connectivity index (χ0n) is 25.8. The minimum atomic E-state index is 1.03. The van der Waals surface area contributed by atoms with Crippen molar-refractivity contribution < 1.29 is 0 Å². The Kier molecular flexibility index (Phi) is 16.1. The molecule has 0 amide bonds. The van der Waals surface area contributed by atoms with Crippen LogP contribution in [0.5, 0.6) is 0 Å². The van der Waals surface area contributed by atoms with Gasteiger partial charge in [-0.05, 0) is 101 Å². The van der Waals surface area contributed by atoms with Gasteiger partial charge in [0.15, 0.2) is 0 Å². The van der Waals surface area contributed by atoms with Crippen molar-refractivity contribution in [1.29, 1.82) is 0 Å². The van der Waals surface area contributed by atoms with Gasteiger partial charge in [-0.2, -0.15) is 0 Å². The molecule has 0 aromatic heterocycles. The SMILES string of the molecule is C=Cc1ccc(CCCCCCCC)c(-c2cc3cc(CC)c(/C=C\C)cc3cc2C)c1C=C.CC.CC. The fourth-order valence-electron chi connectivity index (χ4n) is 5.14. The van der Waals surface area contributed by atoms with Gasteiger partial charge in [0.1, 0.15) is 0 Å². The van der Waals surface area contributed by atoms with Crippen LogP contribution in [0.3, 0.4) is 0 Å². The molecule has 0 aliphatic rings. The van der Waals surface area contributed by atoms with Crippen LogP contribution in [0.25, 0.3) is 40.1 Å². The lowest BCUT2D eigenvalue weighted by Crippen LogP contribution is -1.99. The van der Waals surface area contributed by atoms with Gasteiger partial charge in [-0.25, -0.2) is 0 Å². The summed E-state index contributed by atoms with van der Waals surface area (Å²) in [5.41, 5.74) is 10.5. The van der Waals surface area contributed by atoms with Crippen LogP contribution < -0.4 is 0 Å². The van der Waals surface area contributed by atoms with Gasteiger partial charge in [0, 0.05) is 0 Å². The third kappa shape index (κ3) is 8.59. The maximum Gasteiger partial charge on any atom is -0.00706 e. The van der Waals surface area contributed by atoms with Crippen LogP contribution >= 0.6 is 0 Å². The number of rotatable bonds is 12. The van der Waals surface area contributed by atoms with E-state index in [-0.39, 0.29) is 0 Å². The Hall–Kier alpha value is -2.86. The second-order valence-corrected chi connectivity index (χ2v) is 9.45. The summed E-state index contributed by atoms with van der Waals surface area (Å²) < 4.78 is 0. The highest BCUT2D eigenvalue weighted by Gasteiger charge is 2.15. The number of hydrogen-bond acceptors (Lipinski definition) is 0. The molecule has 0 heterocycles. The van der Waals surface area contributed by atoms with Gasteiger partial charge in [-0.1, -0.05) is 135 Å². The van der Waals surface area contributed by atoms with Gasteiger partial charge >= 0.3 is 0 Å². The van der Waals surface area contributed by atoms with Crippen molar-refractivity contribution in [2.24, 2.45) is 0 Å². The number of benzene rings is 3. The predicted molar refractivity (Wildman–Crippen MR) is 178 cm³/mol. The Labute approximate surface area is 235 Å². The number of unbranched alkanes of at least 4 members (excludes halogenated alkanes) is 5. The fourth-order valence-corrected chi connectivity index (χ4v) is 5.14. The molecule has 0 bridgehead atoms. The van der Waals surface area contributed by atoms with Crippen LogP contribution in [0.15, 0.2) is 55.6 Å². The third-order valence-corrected chi connectivity index (χ3v) is 7.03. The molecule has 0 N–H and O–H groups in total. The fraction of sp³-hybridized carbons (Fsp3) is 0.421. The second kappa shape index (κ2) is 18.4. The van der Waals surface area contributed by atoms with Crippen LogP contribution in [-0.4, -0.2) is 0 Å². The summed E-state index contributed by atoms with van der Waals surface area (Å²) in [6, 6.07) is 14.0. The van der Waals surface area contributed by atoms with E-state index < -0.39 is 0 Å². The summed E-state index contributed by atoms with van der Waals surface area (Å²) in [5.74, 6) is 0. The third-order valence-electron chi connectivity index (χ3n) is 7.03. The standard InChI is InChI=1S/C34H42.2C2H6/c1-7-12-13-14-15-16-18-28-20-19-26(9-3)32(11-5)34(28)33-24-31-22-27(10-4)29(17-8-2)23-30(31)21-25(33)6;2*1-2/h8-9,11,17,19-24H,3,5,7,10,12-16,18H2,1-2,4,6H3;2*1-2H3/b17-8-;;. The first-order valence-corrected chi connectivity index (χ1v) is 15.2. The number of hydrogen-bond donors (Lipinski definition) is 0. The summed E-state index contributed by atoms with van der Waals surface area (Å²) in [6.45, 7) is 25.1. The molecule has 0 heteroatoms. The van der Waals surface area contributed by atoms with Gasteiger partial charge in [0.05, 0.1) is 0 Å². The van der Waals surface area contributed by atoms with E-state index in [1.807, 2.05) is 39.8 Å². The Balaban J connectivity index is 0.00000172. The second-order valence-electron chi connectivity index (χ2n) is 9.45. The minimum absolute atomic E-state index is 1.03. The lowest BCUT2D eigenvalue weighted by Gasteiger charge is -2.19. The average molecular weight is 511 g/mol. The molecule has 3 aromatic rings. The monoisotopic (exact) mass is 510 g/mol. The quantitative estimate of drug-likeness (QED) is 0.212. The van der Waals surface area contributed by atoms with E-state index in [9.17, 15) is 0 Å². The van der Waals surface area contributed by atoms with Crippen molar-refractivity contribution in [2.75, 3.05) is 0 Å². The maximum absolute atomic E-state index is 4.19. The Bertz CT molecular complexity index is 1170. The molecule has 0 unspecified atom stereocenters. The van der Waals surface area contributed by atoms with Crippen LogP contribution in [0, 0.1) is 6.92 Å². The van der Waals surface area contributed by atoms with Crippen LogP contribution in [0.2, 0.25) is 0 Å². The van der Waals surface area contributed by atoms with E-state index in [1.165, 1.54) is 88.2 Å². The van der Waals surface area contributed by atoms with Gasteiger partial charge < -0.3 is 0 Å². The molecule has 3 rings (SSSR count). The van der Waals surface area contributed by atoms with Gasteiger partial charge in [0.25, 0.3) is 0 Å². The molecule has 0 saturated carbocycles. The largest absolute Gasteiger partial charge is 0.0984 e. The van der Waals surface area contributed by atoms with E-state index in [2.05, 4.69) is 89.4 Å². The molecule has 0 nitrogen and oxygen atoms in total. The molecular formula is C38H54. The highest BCUT2D eigenvalue weighted by Crippen LogP contribution is 2.37. The van der Waals surface area contributed by atoms with Crippen LogP contribution in [0.4, 0.5) is 0 Å². The summed E-state index contributed by atoms with van der Waals surface area (Å²) >= 11 is 0. The molecule has 0 radical (unpaired) electrons. The number of allylic oxidation sites excluding steroid dienone is 1. The topological polar surface area (TPSA) is 0 Å². The first-order chi connectivity index (χ1) is 18.6. The lowest BCUT2D eigenvalue weighted by molar-refractivity contribution is 0.608. The molecule has 38 heavy (non-hydrogen) atoms. The molecule has 0 aliphatic carbocycles. The molecule has 0 fully saturated rings. The van der Waals surface area contributed by atoms with Crippen LogP contribution in [0.1, 0.15) is 120 Å². The van der Waals surface area contributed by atoms with Crippen molar-refractivity contribution >= 4 is 29.0 Å². The molecule has 3 aromatic carbocycles. The summed E-state index contributed by atoms with van der Waals surface area (Å²) in [7, 11) is 0. The van der Waals surface area contributed by atoms with E-state index in [0.29, 0.717) is 0 Å². The molecule has 206 valence electrons. The number of aryl methyl sites for hydroxylation is 3. The maximum atomic E-state index is 4.19. The molecular weight excluding hydrogens is 456 g/mol. The zero-order valence-corrected chi connectivity index (χ0v) is 25.8. The van der Waals surface area contributed by atoms with Crippen molar-refractivity contribution in [2.45, 2.75) is 107 Å². The average Bonchev–Trinajstić information content (AvgIpc) is 2.96. The van der Waals surface area contributed by atoms with Crippen molar-refractivity contribution in [1.82, 2.24) is 0 Å². The molecule has 0 atom stereocenters. The normalized spacial score (nSPS) is 10.5. The van der Waals surface area contributed by atoms with Crippen molar-refractivity contribution in [3.63, 3.8) is 0 Å². The number of fused-ring (bicyclic) bond motifs is 1. The molecule has 0 aliphatic heterocycles. The Morgan fingerprint density at radius 2 is 1.37 bits per heavy atom. The van der Waals surface area contributed by atoms with Crippen LogP contribution in [-0.2, 0) is 12.8 Å². The first kappa shape index (κ1) is 33.2.